The minimum Gasteiger partial charge on any atom is -0.342 e. The molecule has 94 valence electrons. The van der Waals surface area contributed by atoms with Crippen LogP contribution in [-0.2, 0) is 0 Å². The van der Waals surface area contributed by atoms with Gasteiger partial charge in [-0.3, -0.25) is 0 Å². The highest BCUT2D eigenvalue weighted by atomic mass is 35.5. The number of benzene rings is 1. The van der Waals surface area contributed by atoms with Crippen LogP contribution in [0.1, 0.15) is 18.2 Å². The number of aromatic nitrogens is 2. The van der Waals surface area contributed by atoms with Crippen LogP contribution in [0.2, 0.25) is 10.0 Å². The fourth-order valence-corrected chi connectivity index (χ4v) is 2.79. The molecule has 2 N–H and O–H groups in total. The molecule has 3 nitrogen and oxygen atoms in total. The highest BCUT2D eigenvalue weighted by molar-refractivity contribution is 6.36. The Kier molecular flexibility index (Phi) is 3.29. The predicted molar refractivity (Wildman–Crippen MR) is 74.3 cm³/mol. The van der Waals surface area contributed by atoms with Gasteiger partial charge in [0.2, 0.25) is 0 Å². The summed E-state index contributed by atoms with van der Waals surface area (Å²) >= 11 is 12.1. The van der Waals surface area contributed by atoms with Crippen LogP contribution in [0.15, 0.2) is 24.4 Å². The molecule has 5 heteroatoms. The van der Waals surface area contributed by atoms with E-state index in [1.807, 2.05) is 18.3 Å². The molecule has 2 aromatic rings. The van der Waals surface area contributed by atoms with Crippen molar-refractivity contribution in [3.05, 3.63) is 40.3 Å². The molecular weight excluding hydrogens is 269 g/mol. The number of rotatable bonds is 2. The van der Waals surface area contributed by atoms with Crippen molar-refractivity contribution in [3.8, 4) is 11.3 Å². The maximum Gasteiger partial charge on any atom is 0.110 e. The predicted octanol–water partition coefficient (Wildman–Crippen LogP) is 3.46. The van der Waals surface area contributed by atoms with Gasteiger partial charge in [0.1, 0.15) is 5.82 Å². The fraction of sp³-hybridized carbons (Fsp3) is 0.308. The van der Waals surface area contributed by atoms with E-state index in [0.29, 0.717) is 16.0 Å². The van der Waals surface area contributed by atoms with E-state index >= 15 is 0 Å². The maximum absolute atomic E-state index is 6.19. The molecule has 0 bridgehead atoms. The van der Waals surface area contributed by atoms with E-state index in [9.17, 15) is 0 Å². The van der Waals surface area contributed by atoms with Gasteiger partial charge in [-0.1, -0.05) is 23.2 Å². The molecule has 0 spiro atoms. The Morgan fingerprint density at radius 1 is 1.28 bits per heavy atom. The lowest BCUT2D eigenvalue weighted by Crippen LogP contribution is -2.08. The lowest BCUT2D eigenvalue weighted by atomic mass is 10.1. The van der Waals surface area contributed by atoms with Gasteiger partial charge in [0.25, 0.3) is 0 Å². The van der Waals surface area contributed by atoms with Crippen molar-refractivity contribution >= 4 is 23.2 Å². The summed E-state index contributed by atoms with van der Waals surface area (Å²) in [6, 6.07) is 5.49. The highest BCUT2D eigenvalue weighted by Gasteiger charge is 2.20. The third-order valence-corrected chi connectivity index (χ3v) is 3.81. The SMILES string of the molecule is Clc1ccc(-c2cnc(C3CCNC3)[nH]2)c(Cl)c1. The molecule has 1 aliphatic rings. The van der Waals surface area contributed by atoms with Crippen molar-refractivity contribution < 1.29 is 0 Å². The minimum atomic E-state index is 0.477. The molecule has 1 aromatic heterocycles. The number of aromatic amines is 1. The second-order valence-corrected chi connectivity index (χ2v) is 5.34. The Morgan fingerprint density at radius 3 is 2.89 bits per heavy atom. The first-order valence-electron chi connectivity index (χ1n) is 5.95. The Balaban J connectivity index is 1.92. The minimum absolute atomic E-state index is 0.477. The molecule has 18 heavy (non-hydrogen) atoms. The van der Waals surface area contributed by atoms with Crippen LogP contribution in [0, 0.1) is 0 Å². The number of imidazole rings is 1. The van der Waals surface area contributed by atoms with Gasteiger partial charge >= 0.3 is 0 Å². The number of nitrogens with one attached hydrogen (secondary N) is 2. The van der Waals surface area contributed by atoms with Crippen molar-refractivity contribution in [3.63, 3.8) is 0 Å². The summed E-state index contributed by atoms with van der Waals surface area (Å²) in [6.45, 7) is 2.05. The quantitative estimate of drug-likeness (QED) is 0.885. The van der Waals surface area contributed by atoms with Crippen LogP contribution in [0.25, 0.3) is 11.3 Å². The number of nitrogens with zero attached hydrogens (tertiary/aromatic N) is 1. The average Bonchev–Trinajstić information content (AvgIpc) is 2.99. The summed E-state index contributed by atoms with van der Waals surface area (Å²) in [4.78, 5) is 7.80. The largest absolute Gasteiger partial charge is 0.342 e. The van der Waals surface area contributed by atoms with E-state index in [1.165, 1.54) is 0 Å². The van der Waals surface area contributed by atoms with Crippen LogP contribution < -0.4 is 5.32 Å². The van der Waals surface area contributed by atoms with Gasteiger partial charge in [0.15, 0.2) is 0 Å². The van der Waals surface area contributed by atoms with Gasteiger partial charge in [0.05, 0.1) is 16.9 Å². The summed E-state index contributed by atoms with van der Waals surface area (Å²) in [5, 5.41) is 4.62. The van der Waals surface area contributed by atoms with Crippen molar-refractivity contribution in [2.24, 2.45) is 0 Å². The van der Waals surface area contributed by atoms with Gasteiger partial charge < -0.3 is 10.3 Å². The number of halogens is 2. The molecule has 1 aromatic carbocycles. The van der Waals surface area contributed by atoms with Crippen molar-refractivity contribution in [1.82, 2.24) is 15.3 Å². The molecule has 1 unspecified atom stereocenters. The Hall–Kier alpha value is -1.03. The summed E-state index contributed by atoms with van der Waals surface area (Å²) in [7, 11) is 0. The average molecular weight is 282 g/mol. The van der Waals surface area contributed by atoms with Gasteiger partial charge in [-0.2, -0.15) is 0 Å². The smallest absolute Gasteiger partial charge is 0.110 e. The molecule has 0 radical (unpaired) electrons. The topological polar surface area (TPSA) is 40.7 Å². The Morgan fingerprint density at radius 2 is 2.17 bits per heavy atom. The number of hydrogen-bond donors (Lipinski definition) is 2. The molecule has 1 aliphatic heterocycles. The number of hydrogen-bond acceptors (Lipinski definition) is 2. The molecule has 2 heterocycles. The molecule has 0 amide bonds. The maximum atomic E-state index is 6.19. The molecule has 1 fully saturated rings. The van der Waals surface area contributed by atoms with Gasteiger partial charge in [-0.05, 0) is 31.2 Å². The second kappa shape index (κ2) is 4.92. The van der Waals surface area contributed by atoms with Crippen LogP contribution in [0.4, 0.5) is 0 Å². The fourth-order valence-electron chi connectivity index (χ4n) is 2.28. The van der Waals surface area contributed by atoms with Crippen molar-refractivity contribution in [2.45, 2.75) is 12.3 Å². The summed E-state index contributed by atoms with van der Waals surface area (Å²) in [5.74, 6) is 1.51. The first kappa shape index (κ1) is 12.0. The molecular formula is C13H13Cl2N3. The Bertz CT molecular complexity index is 559. The Labute approximate surface area is 116 Å². The van der Waals surface area contributed by atoms with Crippen molar-refractivity contribution in [2.75, 3.05) is 13.1 Å². The van der Waals surface area contributed by atoms with Crippen LogP contribution in [-0.4, -0.2) is 23.1 Å². The van der Waals surface area contributed by atoms with Crippen LogP contribution in [0.3, 0.4) is 0 Å². The van der Waals surface area contributed by atoms with Crippen LogP contribution >= 0.6 is 23.2 Å². The van der Waals surface area contributed by atoms with E-state index < -0.39 is 0 Å². The van der Waals surface area contributed by atoms with Gasteiger partial charge in [-0.15, -0.1) is 0 Å². The first-order valence-corrected chi connectivity index (χ1v) is 6.70. The van der Waals surface area contributed by atoms with E-state index in [-0.39, 0.29) is 0 Å². The molecule has 1 saturated heterocycles. The lowest BCUT2D eigenvalue weighted by Gasteiger charge is -2.04. The third-order valence-electron chi connectivity index (χ3n) is 3.26. The summed E-state index contributed by atoms with van der Waals surface area (Å²) in [5.41, 5.74) is 1.88. The summed E-state index contributed by atoms with van der Waals surface area (Å²) < 4.78 is 0. The van der Waals surface area contributed by atoms with E-state index in [0.717, 1.165) is 36.6 Å². The first-order chi connectivity index (χ1) is 8.74. The zero-order valence-electron chi connectivity index (χ0n) is 9.71. The third kappa shape index (κ3) is 2.26. The standard InChI is InChI=1S/C13H13Cl2N3/c14-9-1-2-10(11(15)5-9)12-7-17-13(18-12)8-3-4-16-6-8/h1-2,5,7-8,16H,3-4,6H2,(H,17,18). The lowest BCUT2D eigenvalue weighted by molar-refractivity contribution is 0.715. The highest BCUT2D eigenvalue weighted by Crippen LogP contribution is 2.30. The van der Waals surface area contributed by atoms with E-state index in [4.69, 9.17) is 23.2 Å². The van der Waals surface area contributed by atoms with Gasteiger partial charge in [0, 0.05) is 23.0 Å². The molecule has 1 atom stereocenters. The van der Waals surface area contributed by atoms with Crippen molar-refractivity contribution in [1.29, 1.82) is 0 Å². The zero-order valence-corrected chi connectivity index (χ0v) is 11.2. The van der Waals surface area contributed by atoms with Gasteiger partial charge in [-0.25, -0.2) is 4.98 Å². The second-order valence-electron chi connectivity index (χ2n) is 4.50. The molecule has 0 aliphatic carbocycles. The van der Waals surface area contributed by atoms with E-state index in [2.05, 4.69) is 15.3 Å². The van der Waals surface area contributed by atoms with E-state index in [1.54, 1.807) is 6.07 Å². The zero-order chi connectivity index (χ0) is 12.5. The van der Waals surface area contributed by atoms with Crippen LogP contribution in [0.5, 0.6) is 0 Å². The monoisotopic (exact) mass is 281 g/mol. The molecule has 0 saturated carbocycles. The molecule has 3 rings (SSSR count). The normalized spacial score (nSPS) is 19.3. The number of H-pyrrole nitrogens is 1. The summed E-state index contributed by atoms with van der Waals surface area (Å²) in [6.07, 6.45) is 2.96.